The van der Waals surface area contributed by atoms with Crippen molar-refractivity contribution in [2.24, 2.45) is 0 Å². The zero-order chi connectivity index (χ0) is 21.1. The van der Waals surface area contributed by atoms with Gasteiger partial charge < -0.3 is 14.5 Å². The van der Waals surface area contributed by atoms with Gasteiger partial charge in [0.25, 0.3) is 0 Å². The van der Waals surface area contributed by atoms with Gasteiger partial charge >= 0.3 is 5.97 Å². The summed E-state index contributed by atoms with van der Waals surface area (Å²) in [7, 11) is 0. The molecule has 4 aromatic rings. The molecule has 1 atom stereocenters. The van der Waals surface area contributed by atoms with E-state index in [1.165, 1.54) is 0 Å². The molecular weight excluding hydrogens is 378 g/mol. The van der Waals surface area contributed by atoms with E-state index in [9.17, 15) is 9.59 Å². The summed E-state index contributed by atoms with van der Waals surface area (Å²) in [6, 6.07) is 23.6. The van der Waals surface area contributed by atoms with Crippen molar-refractivity contribution in [3.63, 3.8) is 0 Å². The highest BCUT2D eigenvalue weighted by Gasteiger charge is 2.26. The predicted molar refractivity (Wildman–Crippen MR) is 115 cm³/mol. The fraction of sp³-hybridized carbons (Fsp3) is 0.120. The number of H-pyrrole nitrogens is 1. The van der Waals surface area contributed by atoms with Crippen LogP contribution in [0.4, 0.5) is 0 Å². The lowest BCUT2D eigenvalue weighted by Crippen LogP contribution is -2.25. The maximum absolute atomic E-state index is 13.1. The van der Waals surface area contributed by atoms with E-state index in [0.29, 0.717) is 17.1 Å². The fourth-order valence-corrected chi connectivity index (χ4v) is 3.41. The number of carbonyl (C=O) groups is 2. The van der Waals surface area contributed by atoms with Crippen molar-refractivity contribution >= 4 is 22.7 Å². The van der Waals surface area contributed by atoms with Gasteiger partial charge in [-0.05, 0) is 44.2 Å². The van der Waals surface area contributed by atoms with Crippen LogP contribution in [0.3, 0.4) is 0 Å². The second-order valence-corrected chi connectivity index (χ2v) is 6.99. The van der Waals surface area contributed by atoms with E-state index >= 15 is 0 Å². The van der Waals surface area contributed by atoms with Crippen molar-refractivity contribution < 1.29 is 19.1 Å². The number of hydrogen-bond donors (Lipinski definition) is 1. The Bertz CT molecular complexity index is 1210. The summed E-state index contributed by atoms with van der Waals surface area (Å²) in [5.74, 6) is 0.118. The second kappa shape index (κ2) is 8.25. The van der Waals surface area contributed by atoms with E-state index in [1.807, 2.05) is 49.4 Å². The number of fused-ring (bicyclic) bond motifs is 1. The van der Waals surface area contributed by atoms with Crippen LogP contribution < -0.4 is 4.74 Å². The molecule has 0 amide bonds. The largest absolute Gasteiger partial charge is 0.456 e. The SMILES string of the molecule is Cc1[nH]c2ccccc2c1C(=O)[C@H](C)OC(=O)c1ccccc1Oc1ccccc1. The van der Waals surface area contributed by atoms with Crippen LogP contribution in [0.15, 0.2) is 78.9 Å². The molecule has 30 heavy (non-hydrogen) atoms. The molecule has 1 aromatic heterocycles. The van der Waals surface area contributed by atoms with Crippen molar-refractivity contribution in [3.8, 4) is 11.5 Å². The molecular formula is C25H21NO4. The van der Waals surface area contributed by atoms with Crippen LogP contribution in [-0.2, 0) is 4.74 Å². The molecule has 0 spiro atoms. The fourth-order valence-electron chi connectivity index (χ4n) is 3.41. The molecule has 0 saturated carbocycles. The van der Waals surface area contributed by atoms with E-state index in [4.69, 9.17) is 9.47 Å². The van der Waals surface area contributed by atoms with Gasteiger partial charge in [0.2, 0.25) is 5.78 Å². The highest BCUT2D eigenvalue weighted by Crippen LogP contribution is 2.27. The number of rotatable bonds is 6. The van der Waals surface area contributed by atoms with Gasteiger partial charge in [0, 0.05) is 22.2 Å². The molecule has 0 aliphatic carbocycles. The number of aryl methyl sites for hydroxylation is 1. The molecule has 5 heteroatoms. The van der Waals surface area contributed by atoms with Crippen molar-refractivity contribution in [2.75, 3.05) is 0 Å². The van der Waals surface area contributed by atoms with E-state index in [0.717, 1.165) is 16.6 Å². The monoisotopic (exact) mass is 399 g/mol. The number of ether oxygens (including phenoxy) is 2. The van der Waals surface area contributed by atoms with E-state index < -0.39 is 12.1 Å². The molecule has 1 N–H and O–H groups in total. The predicted octanol–water partition coefficient (Wildman–Crippen LogP) is 5.70. The average molecular weight is 399 g/mol. The van der Waals surface area contributed by atoms with Gasteiger partial charge in [0.05, 0.1) is 0 Å². The number of ketones is 1. The summed E-state index contributed by atoms with van der Waals surface area (Å²) in [6.45, 7) is 3.42. The normalized spacial score (nSPS) is 11.8. The average Bonchev–Trinajstić information content (AvgIpc) is 3.09. The van der Waals surface area contributed by atoms with E-state index in [1.54, 1.807) is 43.3 Å². The smallest absolute Gasteiger partial charge is 0.342 e. The molecule has 0 saturated heterocycles. The minimum Gasteiger partial charge on any atom is -0.456 e. The van der Waals surface area contributed by atoms with Gasteiger partial charge in [-0.3, -0.25) is 4.79 Å². The highest BCUT2D eigenvalue weighted by atomic mass is 16.5. The summed E-state index contributed by atoms with van der Waals surface area (Å²) < 4.78 is 11.4. The van der Waals surface area contributed by atoms with Crippen LogP contribution >= 0.6 is 0 Å². The molecule has 0 aliphatic heterocycles. The summed E-state index contributed by atoms with van der Waals surface area (Å²) >= 11 is 0. The standard InChI is InChI=1S/C25H21NO4/c1-16-23(19-12-6-8-14-21(19)26-16)24(27)17(2)29-25(28)20-13-7-9-15-22(20)30-18-10-4-3-5-11-18/h3-15,17,26H,1-2H3/t17-/m0/s1. The van der Waals surface area contributed by atoms with Gasteiger partial charge in [-0.25, -0.2) is 4.79 Å². The quantitative estimate of drug-likeness (QED) is 0.334. The van der Waals surface area contributed by atoms with Crippen LogP contribution in [-0.4, -0.2) is 22.8 Å². The first-order chi connectivity index (χ1) is 14.5. The van der Waals surface area contributed by atoms with E-state index in [2.05, 4.69) is 4.98 Å². The molecule has 150 valence electrons. The molecule has 4 rings (SSSR count). The molecule has 0 unspecified atom stereocenters. The molecule has 0 aliphatic rings. The maximum atomic E-state index is 13.1. The van der Waals surface area contributed by atoms with Crippen LogP contribution in [0.2, 0.25) is 0 Å². The Kier molecular flexibility index (Phi) is 5.35. The molecule has 3 aromatic carbocycles. The number of para-hydroxylation sites is 3. The highest BCUT2D eigenvalue weighted by molar-refractivity contribution is 6.11. The third-order valence-electron chi connectivity index (χ3n) is 4.87. The Morgan fingerprint density at radius 3 is 2.33 bits per heavy atom. The number of Topliss-reactive ketones (excluding diaryl/α,β-unsaturated/α-hetero) is 1. The minimum absolute atomic E-state index is 0.250. The molecule has 0 bridgehead atoms. The van der Waals surface area contributed by atoms with Crippen molar-refractivity contribution in [1.29, 1.82) is 0 Å². The number of nitrogens with one attached hydrogen (secondary N) is 1. The summed E-state index contributed by atoms with van der Waals surface area (Å²) in [6.07, 6.45) is -0.944. The lowest BCUT2D eigenvalue weighted by molar-refractivity contribution is 0.0316. The van der Waals surface area contributed by atoms with Gasteiger partial charge in [-0.1, -0.05) is 48.5 Å². The molecule has 1 heterocycles. The molecule has 0 radical (unpaired) electrons. The van der Waals surface area contributed by atoms with Crippen LogP contribution in [0.1, 0.15) is 33.3 Å². The van der Waals surface area contributed by atoms with Crippen molar-refractivity contribution in [3.05, 3.63) is 95.7 Å². The number of benzene rings is 3. The van der Waals surface area contributed by atoms with Gasteiger partial charge in [-0.2, -0.15) is 0 Å². The third-order valence-corrected chi connectivity index (χ3v) is 4.87. The van der Waals surface area contributed by atoms with Crippen LogP contribution in [0, 0.1) is 6.92 Å². The van der Waals surface area contributed by atoms with Crippen LogP contribution in [0.5, 0.6) is 11.5 Å². The molecule has 0 fully saturated rings. The lowest BCUT2D eigenvalue weighted by atomic mass is 10.0. The third kappa shape index (κ3) is 3.82. The summed E-state index contributed by atoms with van der Waals surface area (Å²) in [4.78, 5) is 29.1. The Hall–Kier alpha value is -3.86. The van der Waals surface area contributed by atoms with Gasteiger partial charge in [0.15, 0.2) is 6.10 Å². The Morgan fingerprint density at radius 1 is 0.867 bits per heavy atom. The number of esters is 1. The summed E-state index contributed by atoms with van der Waals surface area (Å²) in [5, 5.41) is 0.815. The Balaban J connectivity index is 1.55. The second-order valence-electron chi connectivity index (χ2n) is 6.99. The summed E-state index contributed by atoms with van der Waals surface area (Å²) in [5.41, 5.74) is 2.42. The van der Waals surface area contributed by atoms with E-state index in [-0.39, 0.29) is 11.3 Å². The minimum atomic E-state index is -0.944. The number of aromatic amines is 1. The zero-order valence-corrected chi connectivity index (χ0v) is 16.7. The zero-order valence-electron chi connectivity index (χ0n) is 16.7. The number of aromatic nitrogens is 1. The lowest BCUT2D eigenvalue weighted by Gasteiger charge is -2.15. The van der Waals surface area contributed by atoms with Crippen LogP contribution in [0.25, 0.3) is 10.9 Å². The first kappa shape index (κ1) is 19.5. The topological polar surface area (TPSA) is 68.4 Å². The Labute approximate surface area is 174 Å². The van der Waals surface area contributed by atoms with Crippen molar-refractivity contribution in [1.82, 2.24) is 4.98 Å². The molecule has 5 nitrogen and oxygen atoms in total. The Morgan fingerprint density at radius 2 is 1.53 bits per heavy atom. The van der Waals surface area contributed by atoms with Gasteiger partial charge in [-0.15, -0.1) is 0 Å². The first-order valence-electron chi connectivity index (χ1n) is 9.69. The number of carbonyl (C=O) groups excluding carboxylic acids is 2. The van der Waals surface area contributed by atoms with Gasteiger partial charge in [0.1, 0.15) is 17.1 Å². The van der Waals surface area contributed by atoms with Crippen molar-refractivity contribution in [2.45, 2.75) is 20.0 Å². The number of hydrogen-bond acceptors (Lipinski definition) is 4. The maximum Gasteiger partial charge on any atom is 0.342 e. The first-order valence-corrected chi connectivity index (χ1v) is 9.69.